The van der Waals surface area contributed by atoms with Crippen molar-refractivity contribution in [3.05, 3.63) is 24.3 Å². The SMILES string of the molecule is CCC(C(=O)N1CCCC1)N(c1cccc(OC)c1)S(C)(=O)=O. The van der Waals surface area contributed by atoms with Crippen LogP contribution in [0, 0.1) is 0 Å². The van der Waals surface area contributed by atoms with E-state index in [0.717, 1.165) is 19.1 Å². The third-order valence-electron chi connectivity index (χ3n) is 4.04. The Hall–Kier alpha value is -1.76. The molecular formula is C16H24N2O4S. The summed E-state index contributed by atoms with van der Waals surface area (Å²) < 4.78 is 31.1. The third-order valence-corrected chi connectivity index (χ3v) is 5.22. The maximum absolute atomic E-state index is 12.8. The lowest BCUT2D eigenvalue weighted by Gasteiger charge is -2.32. The van der Waals surface area contributed by atoms with Gasteiger partial charge >= 0.3 is 0 Å². The van der Waals surface area contributed by atoms with Gasteiger partial charge in [0.05, 0.1) is 19.1 Å². The lowest BCUT2D eigenvalue weighted by molar-refractivity contribution is -0.131. The number of nitrogens with zero attached hydrogens (tertiary/aromatic N) is 2. The van der Waals surface area contributed by atoms with Crippen molar-refractivity contribution in [3.8, 4) is 5.75 Å². The zero-order chi connectivity index (χ0) is 17.0. The predicted octanol–water partition coefficient (Wildman–Crippen LogP) is 1.86. The molecule has 1 aliphatic heterocycles. The zero-order valence-electron chi connectivity index (χ0n) is 13.9. The molecule has 0 radical (unpaired) electrons. The van der Waals surface area contributed by atoms with Gasteiger partial charge in [0.2, 0.25) is 15.9 Å². The van der Waals surface area contributed by atoms with Crippen LogP contribution >= 0.6 is 0 Å². The quantitative estimate of drug-likeness (QED) is 0.793. The highest BCUT2D eigenvalue weighted by molar-refractivity contribution is 7.92. The molecule has 1 atom stereocenters. The first kappa shape index (κ1) is 17.6. The number of hydrogen-bond donors (Lipinski definition) is 0. The highest BCUT2D eigenvalue weighted by Crippen LogP contribution is 2.27. The molecule has 7 heteroatoms. The molecule has 0 aromatic heterocycles. The molecule has 0 spiro atoms. The van der Waals surface area contributed by atoms with Crippen LogP contribution in [-0.2, 0) is 14.8 Å². The molecule has 1 amide bonds. The zero-order valence-corrected chi connectivity index (χ0v) is 14.7. The second kappa shape index (κ2) is 7.21. The van der Waals surface area contributed by atoms with E-state index in [1.54, 1.807) is 29.2 Å². The van der Waals surface area contributed by atoms with Crippen LogP contribution in [0.3, 0.4) is 0 Å². The van der Waals surface area contributed by atoms with E-state index < -0.39 is 16.1 Å². The molecule has 0 N–H and O–H groups in total. The molecule has 128 valence electrons. The summed E-state index contributed by atoms with van der Waals surface area (Å²) >= 11 is 0. The number of rotatable bonds is 6. The summed E-state index contributed by atoms with van der Waals surface area (Å²) in [5.74, 6) is 0.429. The lowest BCUT2D eigenvalue weighted by Crippen LogP contribution is -2.50. The van der Waals surface area contributed by atoms with Gasteiger partial charge in [-0.05, 0) is 31.4 Å². The minimum Gasteiger partial charge on any atom is -0.497 e. The Kier molecular flexibility index (Phi) is 5.51. The van der Waals surface area contributed by atoms with Crippen LogP contribution in [0.2, 0.25) is 0 Å². The van der Waals surface area contributed by atoms with Crippen LogP contribution in [0.1, 0.15) is 26.2 Å². The Morgan fingerprint density at radius 2 is 2.00 bits per heavy atom. The van der Waals surface area contributed by atoms with Crippen molar-refractivity contribution in [2.75, 3.05) is 30.8 Å². The van der Waals surface area contributed by atoms with Gasteiger partial charge in [0.15, 0.2) is 0 Å². The molecule has 1 aromatic rings. The van der Waals surface area contributed by atoms with E-state index in [4.69, 9.17) is 4.74 Å². The Bertz CT molecular complexity index is 654. The molecule has 0 saturated carbocycles. The van der Waals surface area contributed by atoms with Crippen LogP contribution in [-0.4, -0.2) is 51.7 Å². The normalized spacial score (nSPS) is 16.2. The fourth-order valence-corrected chi connectivity index (χ4v) is 4.14. The monoisotopic (exact) mass is 340 g/mol. The number of carbonyl (C=O) groups is 1. The molecule has 2 rings (SSSR count). The van der Waals surface area contributed by atoms with Gasteiger partial charge in [0.25, 0.3) is 0 Å². The van der Waals surface area contributed by atoms with Crippen LogP contribution < -0.4 is 9.04 Å². The number of ether oxygens (including phenoxy) is 1. The third kappa shape index (κ3) is 3.96. The molecule has 1 fully saturated rings. The summed E-state index contributed by atoms with van der Waals surface area (Å²) in [5.41, 5.74) is 0.450. The Labute approximate surface area is 138 Å². The first-order valence-corrected chi connectivity index (χ1v) is 9.65. The van der Waals surface area contributed by atoms with Crippen molar-refractivity contribution < 1.29 is 17.9 Å². The van der Waals surface area contributed by atoms with Crippen LogP contribution in [0.25, 0.3) is 0 Å². The molecule has 1 aliphatic rings. The fourth-order valence-electron chi connectivity index (χ4n) is 2.94. The van der Waals surface area contributed by atoms with Gasteiger partial charge in [-0.25, -0.2) is 8.42 Å². The number of likely N-dealkylation sites (tertiary alicyclic amines) is 1. The molecule has 1 heterocycles. The molecule has 0 bridgehead atoms. The van der Waals surface area contributed by atoms with E-state index in [2.05, 4.69) is 0 Å². The van der Waals surface area contributed by atoms with Gasteiger partial charge in [0, 0.05) is 19.2 Å². The van der Waals surface area contributed by atoms with E-state index in [0.29, 0.717) is 30.9 Å². The Morgan fingerprint density at radius 3 is 2.52 bits per heavy atom. The number of amides is 1. The van der Waals surface area contributed by atoms with Crippen molar-refractivity contribution in [3.63, 3.8) is 0 Å². The number of methoxy groups -OCH3 is 1. The summed E-state index contributed by atoms with van der Waals surface area (Å²) in [5, 5.41) is 0. The van der Waals surface area contributed by atoms with Crippen LogP contribution in [0.15, 0.2) is 24.3 Å². The van der Waals surface area contributed by atoms with Gasteiger partial charge in [0.1, 0.15) is 11.8 Å². The van der Waals surface area contributed by atoms with Gasteiger partial charge < -0.3 is 9.64 Å². The van der Waals surface area contributed by atoms with Gasteiger partial charge in [-0.1, -0.05) is 13.0 Å². The first-order chi connectivity index (χ1) is 10.9. The molecule has 1 unspecified atom stereocenters. The highest BCUT2D eigenvalue weighted by atomic mass is 32.2. The van der Waals surface area contributed by atoms with Crippen molar-refractivity contribution in [1.82, 2.24) is 4.90 Å². The largest absolute Gasteiger partial charge is 0.497 e. The van der Waals surface area contributed by atoms with E-state index in [1.165, 1.54) is 11.4 Å². The molecular weight excluding hydrogens is 316 g/mol. The second-order valence-electron chi connectivity index (χ2n) is 5.72. The summed E-state index contributed by atoms with van der Waals surface area (Å²) in [4.78, 5) is 14.5. The number of hydrogen-bond acceptors (Lipinski definition) is 4. The van der Waals surface area contributed by atoms with Crippen LogP contribution in [0.4, 0.5) is 5.69 Å². The second-order valence-corrected chi connectivity index (χ2v) is 7.58. The van der Waals surface area contributed by atoms with Gasteiger partial charge in [-0.15, -0.1) is 0 Å². The molecule has 0 aliphatic carbocycles. The minimum absolute atomic E-state index is 0.127. The average molecular weight is 340 g/mol. The first-order valence-electron chi connectivity index (χ1n) is 7.80. The van der Waals surface area contributed by atoms with Crippen molar-refractivity contribution in [1.29, 1.82) is 0 Å². The molecule has 1 saturated heterocycles. The fraction of sp³-hybridized carbons (Fsp3) is 0.562. The van der Waals surface area contributed by atoms with E-state index >= 15 is 0 Å². The number of anilines is 1. The van der Waals surface area contributed by atoms with Gasteiger partial charge in [-0.3, -0.25) is 9.10 Å². The standard InChI is InChI=1S/C16H24N2O4S/c1-4-15(16(19)17-10-5-6-11-17)18(23(3,20)21)13-8-7-9-14(12-13)22-2/h7-9,12,15H,4-6,10-11H2,1-3H3. The Morgan fingerprint density at radius 1 is 1.35 bits per heavy atom. The van der Waals surface area contributed by atoms with Crippen molar-refractivity contribution in [2.45, 2.75) is 32.2 Å². The van der Waals surface area contributed by atoms with Crippen molar-refractivity contribution >= 4 is 21.6 Å². The number of benzene rings is 1. The Balaban J connectivity index is 2.41. The smallest absolute Gasteiger partial charge is 0.246 e. The number of sulfonamides is 1. The van der Waals surface area contributed by atoms with Crippen LogP contribution in [0.5, 0.6) is 5.75 Å². The highest BCUT2D eigenvalue weighted by Gasteiger charge is 2.35. The van der Waals surface area contributed by atoms with E-state index in [1.807, 2.05) is 6.92 Å². The molecule has 1 aromatic carbocycles. The maximum atomic E-state index is 12.8. The summed E-state index contributed by atoms with van der Waals surface area (Å²) in [6.07, 6.45) is 3.49. The topological polar surface area (TPSA) is 66.9 Å². The summed E-state index contributed by atoms with van der Waals surface area (Å²) in [6.45, 7) is 3.23. The van der Waals surface area contributed by atoms with E-state index in [-0.39, 0.29) is 5.91 Å². The van der Waals surface area contributed by atoms with Gasteiger partial charge in [-0.2, -0.15) is 0 Å². The summed E-state index contributed by atoms with van der Waals surface area (Å²) in [6, 6.07) is 6.06. The molecule has 6 nitrogen and oxygen atoms in total. The molecule has 23 heavy (non-hydrogen) atoms. The maximum Gasteiger partial charge on any atom is 0.246 e. The van der Waals surface area contributed by atoms with E-state index in [9.17, 15) is 13.2 Å². The number of carbonyl (C=O) groups excluding carboxylic acids is 1. The minimum atomic E-state index is -3.60. The predicted molar refractivity (Wildman–Crippen MR) is 90.2 cm³/mol. The van der Waals surface area contributed by atoms with Crippen molar-refractivity contribution in [2.24, 2.45) is 0 Å². The summed E-state index contributed by atoms with van der Waals surface area (Å²) in [7, 11) is -2.07. The average Bonchev–Trinajstić information content (AvgIpc) is 3.05. The lowest BCUT2D eigenvalue weighted by atomic mass is 10.1.